The molecule has 3 aromatic carbocycles. The Balaban J connectivity index is 1.22. The standard InChI is InChI=1S/C41H42N6O7/c1-26-36(28-15-6-3-7-16-28)53-40(52)34-32(19-10-11-20-33(49)42-26)54-41-21-12-22-45(25-46-31-18-9-8-17-30(31)43-44-46)39(51)37(41)47(38(50)35(34)41)29(24-48)23-27-13-4-2-5-14-27/h2-10,12-19,21,26,29,32,34-37,48H,11,20,22-25H2,1H3,(H,42,49)/b19-10-/t26-,29+,32-,34+,35+,36+,37-,41+/m0/s1. The lowest BCUT2D eigenvalue weighted by atomic mass is 9.77. The van der Waals surface area contributed by atoms with Gasteiger partial charge < -0.3 is 29.7 Å². The Labute approximate surface area is 312 Å². The first kappa shape index (κ1) is 35.4. The second kappa shape index (κ2) is 14.6. The maximum absolute atomic E-state index is 15.1. The van der Waals surface area contributed by atoms with Crippen molar-refractivity contribution in [3.05, 3.63) is 120 Å². The summed E-state index contributed by atoms with van der Waals surface area (Å²) in [7, 11) is 0. The van der Waals surface area contributed by atoms with E-state index >= 15 is 9.59 Å². The average Bonchev–Trinajstić information content (AvgIpc) is 3.78. The summed E-state index contributed by atoms with van der Waals surface area (Å²) in [5.74, 6) is -4.08. The van der Waals surface area contributed by atoms with Crippen molar-refractivity contribution < 1.29 is 33.8 Å². The predicted molar refractivity (Wildman–Crippen MR) is 196 cm³/mol. The van der Waals surface area contributed by atoms with E-state index < -0.39 is 72.2 Å². The van der Waals surface area contributed by atoms with Crippen LogP contribution in [0.1, 0.15) is 37.0 Å². The van der Waals surface area contributed by atoms with Gasteiger partial charge in [-0.05, 0) is 43.0 Å². The van der Waals surface area contributed by atoms with Gasteiger partial charge in [0, 0.05) is 13.0 Å². The molecule has 8 atom stereocenters. The fourth-order valence-corrected chi connectivity index (χ4v) is 8.53. The van der Waals surface area contributed by atoms with Gasteiger partial charge in [0.05, 0.1) is 36.2 Å². The Morgan fingerprint density at radius 1 is 0.944 bits per heavy atom. The van der Waals surface area contributed by atoms with Crippen LogP contribution in [0, 0.1) is 11.8 Å². The van der Waals surface area contributed by atoms with Crippen molar-refractivity contribution in [3.63, 3.8) is 0 Å². The lowest BCUT2D eigenvalue weighted by molar-refractivity contribution is -0.162. The number of rotatable bonds is 7. The van der Waals surface area contributed by atoms with Gasteiger partial charge in [-0.25, -0.2) is 4.68 Å². The number of cyclic esters (lactones) is 1. The number of carbonyl (C=O) groups is 4. The first-order valence-corrected chi connectivity index (χ1v) is 18.4. The third-order valence-electron chi connectivity index (χ3n) is 11.0. The number of likely N-dealkylation sites (tertiary alicyclic amines) is 1. The zero-order chi connectivity index (χ0) is 37.4. The number of aromatic nitrogens is 3. The van der Waals surface area contributed by atoms with Gasteiger partial charge in [0.25, 0.3) is 5.91 Å². The highest BCUT2D eigenvalue weighted by atomic mass is 16.6. The molecule has 13 heteroatoms. The number of benzene rings is 3. The number of para-hydroxylation sites is 1. The number of esters is 1. The van der Waals surface area contributed by atoms with Crippen molar-refractivity contribution in [2.24, 2.45) is 11.8 Å². The van der Waals surface area contributed by atoms with Crippen LogP contribution in [-0.4, -0.2) is 96.6 Å². The van der Waals surface area contributed by atoms with Crippen LogP contribution in [0.25, 0.3) is 11.0 Å². The summed E-state index contributed by atoms with van der Waals surface area (Å²) < 4.78 is 14.8. The SMILES string of the molecule is C[C@@H]1NC(=O)CC/C=C\[C@@H]2O[C@@]34C=CCN(Cn5nnc6ccccc65)C(=O)[C@@H]3N([C@@H](CO)Cc3ccccc3)C(=O)[C@H]4[C@@H]2C(=O)O[C@H]1c1ccccc1. The van der Waals surface area contributed by atoms with E-state index in [1.165, 1.54) is 4.90 Å². The minimum absolute atomic E-state index is 0.0396. The smallest absolute Gasteiger partial charge is 0.313 e. The van der Waals surface area contributed by atoms with Gasteiger partial charge in [-0.1, -0.05) is 102 Å². The van der Waals surface area contributed by atoms with Gasteiger partial charge >= 0.3 is 5.97 Å². The first-order valence-electron chi connectivity index (χ1n) is 18.4. The van der Waals surface area contributed by atoms with E-state index in [4.69, 9.17) is 9.47 Å². The Hall–Kier alpha value is -5.66. The Morgan fingerprint density at radius 3 is 2.46 bits per heavy atom. The van der Waals surface area contributed by atoms with Crippen molar-refractivity contribution in [2.75, 3.05) is 13.2 Å². The highest BCUT2D eigenvalue weighted by Gasteiger charge is 2.72. The van der Waals surface area contributed by atoms with Crippen LogP contribution in [0.15, 0.2) is 109 Å². The molecule has 1 spiro atoms. The molecule has 13 nitrogen and oxygen atoms in total. The summed E-state index contributed by atoms with van der Waals surface area (Å²) in [6.45, 7) is 1.55. The van der Waals surface area contributed by atoms with Crippen LogP contribution in [0.5, 0.6) is 0 Å². The van der Waals surface area contributed by atoms with Gasteiger partial charge in [0.2, 0.25) is 11.8 Å². The van der Waals surface area contributed by atoms with Crippen molar-refractivity contribution in [1.82, 2.24) is 30.1 Å². The maximum atomic E-state index is 15.1. The minimum Gasteiger partial charge on any atom is -0.455 e. The number of hydrogen-bond acceptors (Lipinski definition) is 9. The van der Waals surface area contributed by atoms with E-state index in [2.05, 4.69) is 15.6 Å². The van der Waals surface area contributed by atoms with Gasteiger partial charge in [-0.3, -0.25) is 19.2 Å². The lowest BCUT2D eigenvalue weighted by Crippen LogP contribution is -2.58. The maximum Gasteiger partial charge on any atom is 0.313 e. The third kappa shape index (κ3) is 6.26. The summed E-state index contributed by atoms with van der Waals surface area (Å²) in [4.78, 5) is 60.8. The number of amides is 3. The van der Waals surface area contributed by atoms with Crippen molar-refractivity contribution >= 4 is 34.7 Å². The molecule has 1 aromatic heterocycles. The molecule has 0 bridgehead atoms. The molecule has 4 aliphatic heterocycles. The average molecular weight is 731 g/mol. The predicted octanol–water partition coefficient (Wildman–Crippen LogP) is 3.11. The summed E-state index contributed by atoms with van der Waals surface area (Å²) in [5, 5.41) is 22.5. The fraction of sp³-hybridized carbons (Fsp3) is 0.366. The molecule has 2 saturated heterocycles. The summed E-state index contributed by atoms with van der Waals surface area (Å²) in [6.07, 6.45) is 6.05. The molecule has 0 saturated carbocycles. The zero-order valence-electron chi connectivity index (χ0n) is 29.8. The monoisotopic (exact) mass is 730 g/mol. The fourth-order valence-electron chi connectivity index (χ4n) is 8.53. The largest absolute Gasteiger partial charge is 0.455 e. The van der Waals surface area contributed by atoms with Crippen molar-refractivity contribution in [1.29, 1.82) is 0 Å². The molecule has 0 unspecified atom stereocenters. The van der Waals surface area contributed by atoms with Gasteiger partial charge in [0.15, 0.2) is 0 Å². The molecule has 54 heavy (non-hydrogen) atoms. The van der Waals surface area contributed by atoms with E-state index in [0.717, 1.165) is 11.1 Å². The van der Waals surface area contributed by atoms with Crippen LogP contribution in [0.2, 0.25) is 0 Å². The molecule has 4 aliphatic rings. The van der Waals surface area contributed by atoms with E-state index in [9.17, 15) is 14.7 Å². The topological polar surface area (TPSA) is 156 Å². The lowest BCUT2D eigenvalue weighted by Gasteiger charge is -2.38. The molecule has 3 amide bonds. The molecule has 0 radical (unpaired) electrons. The van der Waals surface area contributed by atoms with Crippen molar-refractivity contribution in [3.8, 4) is 0 Å². The summed E-state index contributed by atoms with van der Waals surface area (Å²) >= 11 is 0. The number of nitrogens with one attached hydrogen (secondary N) is 1. The number of aliphatic hydroxyl groups is 1. The number of allylic oxidation sites excluding steroid dienone is 1. The second-order valence-corrected chi connectivity index (χ2v) is 14.4. The van der Waals surface area contributed by atoms with E-state index in [1.807, 2.05) is 84.9 Å². The van der Waals surface area contributed by atoms with Gasteiger partial charge in [-0.2, -0.15) is 0 Å². The first-order chi connectivity index (χ1) is 26.3. The molecule has 0 aliphatic carbocycles. The quantitative estimate of drug-likeness (QED) is 0.216. The van der Waals surface area contributed by atoms with Crippen LogP contribution >= 0.6 is 0 Å². The number of aliphatic hydroxyl groups excluding tert-OH is 1. The molecule has 2 fully saturated rings. The van der Waals surface area contributed by atoms with E-state index in [1.54, 1.807) is 40.8 Å². The zero-order valence-corrected chi connectivity index (χ0v) is 29.8. The molecular weight excluding hydrogens is 688 g/mol. The molecule has 2 N–H and O–H groups in total. The van der Waals surface area contributed by atoms with Crippen LogP contribution in [-0.2, 0) is 41.7 Å². The third-order valence-corrected chi connectivity index (χ3v) is 11.0. The molecule has 8 rings (SSSR count). The molecular formula is C41H42N6O7. The van der Waals surface area contributed by atoms with E-state index in [0.29, 0.717) is 17.5 Å². The molecule has 278 valence electrons. The highest BCUT2D eigenvalue weighted by molar-refractivity contribution is 5.99. The number of carbonyl (C=O) groups excluding carboxylic acids is 4. The Morgan fingerprint density at radius 2 is 1.69 bits per heavy atom. The normalized spacial score (nSPS) is 29.7. The van der Waals surface area contributed by atoms with Gasteiger partial charge in [0.1, 0.15) is 35.9 Å². The number of ether oxygens (including phenoxy) is 2. The van der Waals surface area contributed by atoms with Crippen molar-refractivity contribution in [2.45, 2.75) is 68.8 Å². The Kier molecular flexibility index (Phi) is 9.59. The van der Waals surface area contributed by atoms with Gasteiger partial charge in [-0.15, -0.1) is 5.10 Å². The van der Waals surface area contributed by atoms with Crippen LogP contribution < -0.4 is 5.32 Å². The van der Waals surface area contributed by atoms with E-state index in [-0.39, 0.29) is 32.0 Å². The Bertz CT molecular complexity index is 2100. The second-order valence-electron chi connectivity index (χ2n) is 14.4. The van der Waals surface area contributed by atoms with Crippen LogP contribution in [0.4, 0.5) is 0 Å². The highest BCUT2D eigenvalue weighted by Crippen LogP contribution is 2.54. The minimum atomic E-state index is -1.59. The number of fused-ring (bicyclic) bond motifs is 3. The number of nitrogens with zero attached hydrogens (tertiary/aromatic N) is 5. The summed E-state index contributed by atoms with van der Waals surface area (Å²) in [6, 6.07) is 23.4. The molecule has 4 aromatic rings. The number of hydrogen-bond donors (Lipinski definition) is 2. The summed E-state index contributed by atoms with van der Waals surface area (Å²) in [5.41, 5.74) is 1.37. The van der Waals surface area contributed by atoms with Crippen LogP contribution in [0.3, 0.4) is 0 Å². The molecule has 5 heterocycles.